The maximum atomic E-state index is 11.9. The summed E-state index contributed by atoms with van der Waals surface area (Å²) in [5.41, 5.74) is 3.77. The van der Waals surface area contributed by atoms with Gasteiger partial charge in [0.25, 0.3) is 5.91 Å². The summed E-state index contributed by atoms with van der Waals surface area (Å²) >= 11 is 0. The van der Waals surface area contributed by atoms with Crippen molar-refractivity contribution < 1.29 is 14.3 Å². The zero-order chi connectivity index (χ0) is 17.4. The molecule has 0 saturated carbocycles. The molecule has 2 N–H and O–H groups in total. The number of methoxy groups -OCH3 is 1. The van der Waals surface area contributed by atoms with Crippen LogP contribution in [-0.4, -0.2) is 29.6 Å². The minimum atomic E-state index is -0.425. The van der Waals surface area contributed by atoms with Gasteiger partial charge in [0.05, 0.1) is 13.5 Å². The summed E-state index contributed by atoms with van der Waals surface area (Å²) in [4.78, 5) is 27.7. The van der Waals surface area contributed by atoms with Crippen LogP contribution in [0.4, 0.5) is 5.69 Å². The van der Waals surface area contributed by atoms with E-state index in [2.05, 4.69) is 20.8 Å². The van der Waals surface area contributed by atoms with Gasteiger partial charge in [-0.15, -0.1) is 0 Å². The van der Waals surface area contributed by atoms with Crippen molar-refractivity contribution >= 4 is 23.2 Å². The number of ether oxygens (including phenoxy) is 1. The lowest BCUT2D eigenvalue weighted by Crippen LogP contribution is -2.22. The van der Waals surface area contributed by atoms with Gasteiger partial charge in [0, 0.05) is 17.6 Å². The summed E-state index contributed by atoms with van der Waals surface area (Å²) in [6.45, 7) is 1.66. The molecule has 124 valence electrons. The van der Waals surface area contributed by atoms with Crippen molar-refractivity contribution in [2.75, 3.05) is 12.4 Å². The maximum Gasteiger partial charge on any atom is 0.289 e. The molecule has 0 fully saturated rings. The molecule has 0 bridgehead atoms. The van der Waals surface area contributed by atoms with E-state index in [9.17, 15) is 9.59 Å². The van der Waals surface area contributed by atoms with Crippen molar-refractivity contribution in [1.82, 2.24) is 10.4 Å². The fraction of sp³-hybridized carbons (Fsp3) is 0.176. The number of anilines is 1. The lowest BCUT2D eigenvalue weighted by atomic mass is 10.2. The second kappa shape index (κ2) is 8.42. The first-order valence-electron chi connectivity index (χ1n) is 7.27. The van der Waals surface area contributed by atoms with E-state index in [0.29, 0.717) is 17.1 Å². The fourth-order valence-electron chi connectivity index (χ4n) is 1.85. The minimum Gasteiger partial charge on any atom is -0.497 e. The zero-order valence-corrected chi connectivity index (χ0v) is 13.4. The lowest BCUT2D eigenvalue weighted by Gasteiger charge is -2.06. The molecule has 0 atom stereocenters. The van der Waals surface area contributed by atoms with Crippen LogP contribution in [0.1, 0.15) is 23.8 Å². The molecule has 0 saturated heterocycles. The molecule has 0 unspecified atom stereocenters. The van der Waals surface area contributed by atoms with Crippen molar-refractivity contribution in [3.05, 3.63) is 54.4 Å². The van der Waals surface area contributed by atoms with Crippen molar-refractivity contribution in [1.29, 1.82) is 0 Å². The lowest BCUT2D eigenvalue weighted by molar-refractivity contribution is -0.115. The van der Waals surface area contributed by atoms with Crippen LogP contribution in [0.3, 0.4) is 0 Å². The largest absolute Gasteiger partial charge is 0.497 e. The third kappa shape index (κ3) is 5.20. The molecule has 2 rings (SSSR count). The molecule has 7 heteroatoms. The Morgan fingerprint density at radius 3 is 2.54 bits per heavy atom. The van der Waals surface area contributed by atoms with Gasteiger partial charge in [-0.25, -0.2) is 5.43 Å². The Labute approximate surface area is 139 Å². The highest BCUT2D eigenvalue weighted by molar-refractivity contribution is 6.06. The Morgan fingerprint density at radius 1 is 1.17 bits per heavy atom. The molecule has 0 spiro atoms. The van der Waals surface area contributed by atoms with Gasteiger partial charge in [-0.3, -0.25) is 14.6 Å². The van der Waals surface area contributed by atoms with E-state index in [1.165, 1.54) is 6.20 Å². The van der Waals surface area contributed by atoms with Crippen LogP contribution in [0.25, 0.3) is 0 Å². The van der Waals surface area contributed by atoms with Crippen LogP contribution in [0.15, 0.2) is 53.8 Å². The monoisotopic (exact) mass is 326 g/mol. The third-order valence-corrected chi connectivity index (χ3v) is 3.04. The van der Waals surface area contributed by atoms with Gasteiger partial charge in [-0.05, 0) is 43.3 Å². The van der Waals surface area contributed by atoms with Gasteiger partial charge in [0.2, 0.25) is 5.91 Å². The number of hydrazone groups is 1. The Hall–Kier alpha value is -3.22. The molecule has 2 amide bonds. The molecule has 1 aromatic heterocycles. The Bertz CT molecular complexity index is 727. The van der Waals surface area contributed by atoms with Crippen molar-refractivity contribution in [3.63, 3.8) is 0 Å². The van der Waals surface area contributed by atoms with Gasteiger partial charge in [0.1, 0.15) is 11.4 Å². The topological polar surface area (TPSA) is 92.7 Å². The average molecular weight is 326 g/mol. The smallest absolute Gasteiger partial charge is 0.289 e. The van der Waals surface area contributed by atoms with E-state index in [-0.39, 0.29) is 18.0 Å². The number of hydrogen-bond donors (Lipinski definition) is 2. The number of amides is 2. The number of nitrogens with one attached hydrogen (secondary N) is 2. The molecule has 24 heavy (non-hydrogen) atoms. The summed E-state index contributed by atoms with van der Waals surface area (Å²) < 4.78 is 5.05. The van der Waals surface area contributed by atoms with Crippen LogP contribution >= 0.6 is 0 Å². The summed E-state index contributed by atoms with van der Waals surface area (Å²) in [7, 11) is 1.58. The van der Waals surface area contributed by atoms with Crippen molar-refractivity contribution in [3.8, 4) is 5.75 Å². The van der Waals surface area contributed by atoms with Crippen LogP contribution < -0.4 is 15.5 Å². The summed E-state index contributed by atoms with van der Waals surface area (Å²) in [6, 6.07) is 12.0. The summed E-state index contributed by atoms with van der Waals surface area (Å²) in [5.74, 6) is 0.0574. The van der Waals surface area contributed by atoms with Gasteiger partial charge in [0.15, 0.2) is 0 Å². The molecule has 0 aliphatic heterocycles. The molecular weight excluding hydrogens is 308 g/mol. The molecule has 1 aromatic carbocycles. The molecule has 1 heterocycles. The van der Waals surface area contributed by atoms with Gasteiger partial charge in [-0.2, -0.15) is 5.10 Å². The number of rotatable bonds is 6. The third-order valence-electron chi connectivity index (χ3n) is 3.04. The Balaban J connectivity index is 1.85. The average Bonchev–Trinajstić information content (AvgIpc) is 2.61. The first-order valence-corrected chi connectivity index (χ1v) is 7.27. The predicted octanol–water partition coefficient (Wildman–Crippen LogP) is 2.22. The fourth-order valence-corrected chi connectivity index (χ4v) is 1.85. The predicted molar refractivity (Wildman–Crippen MR) is 91.1 cm³/mol. The van der Waals surface area contributed by atoms with E-state index < -0.39 is 5.91 Å². The standard InChI is InChI=1S/C17H18N4O3/c1-12(20-21-17(23)15-5-3-4-10-18-15)11-16(22)19-13-6-8-14(24-2)9-7-13/h3-10H,11H2,1-2H3,(H,19,22)(H,21,23)/b20-12+. The SMILES string of the molecule is COc1ccc(NC(=O)C/C(C)=N/NC(=O)c2ccccn2)cc1. The van der Waals surface area contributed by atoms with Gasteiger partial charge < -0.3 is 10.1 Å². The maximum absolute atomic E-state index is 11.9. The van der Waals surface area contributed by atoms with Gasteiger partial charge >= 0.3 is 0 Å². The Morgan fingerprint density at radius 2 is 1.92 bits per heavy atom. The van der Waals surface area contributed by atoms with Crippen LogP contribution in [0, 0.1) is 0 Å². The number of aromatic nitrogens is 1. The van der Waals surface area contributed by atoms with E-state index >= 15 is 0 Å². The number of hydrogen-bond acceptors (Lipinski definition) is 5. The first-order chi connectivity index (χ1) is 11.6. The van der Waals surface area contributed by atoms with E-state index in [1.807, 2.05) is 0 Å². The highest BCUT2D eigenvalue weighted by atomic mass is 16.5. The molecule has 7 nitrogen and oxygen atoms in total. The zero-order valence-electron chi connectivity index (χ0n) is 13.4. The first kappa shape index (κ1) is 17.1. The van der Waals surface area contributed by atoms with Crippen LogP contribution in [0.2, 0.25) is 0 Å². The van der Waals surface area contributed by atoms with E-state index in [0.717, 1.165) is 0 Å². The van der Waals surface area contributed by atoms with Crippen LogP contribution in [-0.2, 0) is 4.79 Å². The number of carbonyl (C=O) groups excluding carboxylic acids is 2. The second-order valence-corrected chi connectivity index (χ2v) is 4.96. The molecule has 0 radical (unpaired) electrons. The molecule has 0 aliphatic carbocycles. The highest BCUT2D eigenvalue weighted by Gasteiger charge is 2.07. The minimum absolute atomic E-state index is 0.0640. The molecule has 0 aliphatic rings. The number of nitrogens with zero attached hydrogens (tertiary/aromatic N) is 2. The van der Waals surface area contributed by atoms with E-state index in [1.54, 1.807) is 56.5 Å². The summed E-state index contributed by atoms with van der Waals surface area (Å²) in [5, 5.41) is 6.65. The highest BCUT2D eigenvalue weighted by Crippen LogP contribution is 2.15. The quantitative estimate of drug-likeness (QED) is 0.629. The van der Waals surface area contributed by atoms with E-state index in [4.69, 9.17) is 4.74 Å². The van der Waals surface area contributed by atoms with Gasteiger partial charge in [-0.1, -0.05) is 6.07 Å². The number of benzene rings is 1. The van der Waals surface area contributed by atoms with Crippen LogP contribution in [0.5, 0.6) is 5.75 Å². The van der Waals surface area contributed by atoms with Crippen molar-refractivity contribution in [2.24, 2.45) is 5.10 Å². The number of pyridine rings is 1. The Kier molecular flexibility index (Phi) is 6.01. The molecular formula is C17H18N4O3. The summed E-state index contributed by atoms with van der Waals surface area (Å²) in [6.07, 6.45) is 1.59. The normalized spacial score (nSPS) is 10.8. The second-order valence-electron chi connectivity index (χ2n) is 4.96. The number of carbonyl (C=O) groups is 2. The molecule has 2 aromatic rings. The van der Waals surface area contributed by atoms with Crippen molar-refractivity contribution in [2.45, 2.75) is 13.3 Å².